The van der Waals surface area contributed by atoms with E-state index in [9.17, 15) is 4.79 Å². The summed E-state index contributed by atoms with van der Waals surface area (Å²) in [7, 11) is 3.47. The molecule has 2 aromatic rings. The van der Waals surface area contributed by atoms with E-state index in [1.807, 2.05) is 18.2 Å². The van der Waals surface area contributed by atoms with E-state index >= 15 is 0 Å². The summed E-state index contributed by atoms with van der Waals surface area (Å²) in [5.74, 6) is 0.593. The highest BCUT2D eigenvalue weighted by molar-refractivity contribution is 14.0. The van der Waals surface area contributed by atoms with E-state index in [1.54, 1.807) is 30.3 Å². The molecule has 1 heterocycles. The first kappa shape index (κ1) is 26.4. The van der Waals surface area contributed by atoms with Crippen molar-refractivity contribution < 1.29 is 4.79 Å². The largest absolute Gasteiger partial charge is 0.356 e. The van der Waals surface area contributed by atoms with Crippen LogP contribution in [0, 0.1) is 0 Å². The highest BCUT2D eigenvalue weighted by Crippen LogP contribution is 2.25. The SMILES string of the molecule is CC(NC(=NCC(=O)N(C)C)NCCc1csc(C(C)(C)C)n1)c1ccccc1.I. The molecule has 2 N–H and O–H groups in total. The number of aliphatic imine (C=N–C) groups is 1. The number of amides is 1. The highest BCUT2D eigenvalue weighted by atomic mass is 127. The van der Waals surface area contributed by atoms with Crippen LogP contribution in [-0.2, 0) is 16.6 Å². The van der Waals surface area contributed by atoms with Crippen molar-refractivity contribution in [2.24, 2.45) is 4.99 Å². The molecule has 0 radical (unpaired) electrons. The van der Waals surface area contributed by atoms with Crippen LogP contribution in [-0.4, -0.2) is 48.9 Å². The maximum Gasteiger partial charge on any atom is 0.243 e. The average molecular weight is 544 g/mol. The number of thiazole rings is 1. The minimum absolute atomic E-state index is 0. The topological polar surface area (TPSA) is 69.6 Å². The summed E-state index contributed by atoms with van der Waals surface area (Å²) in [6.45, 7) is 9.40. The zero-order chi connectivity index (χ0) is 21.4. The fourth-order valence-corrected chi connectivity index (χ4v) is 3.49. The van der Waals surface area contributed by atoms with Gasteiger partial charge in [-0.05, 0) is 12.5 Å². The first-order valence-corrected chi connectivity index (χ1v) is 10.8. The molecule has 0 bridgehead atoms. The monoisotopic (exact) mass is 543 g/mol. The third-order valence-electron chi connectivity index (χ3n) is 4.39. The molecular weight excluding hydrogens is 509 g/mol. The predicted molar refractivity (Wildman–Crippen MR) is 137 cm³/mol. The van der Waals surface area contributed by atoms with E-state index in [-0.39, 0.29) is 47.9 Å². The molecular formula is C22H34IN5OS. The number of guanidine groups is 1. The number of hydrogen-bond acceptors (Lipinski definition) is 4. The fraction of sp³-hybridized carbons (Fsp3) is 0.500. The van der Waals surface area contributed by atoms with Gasteiger partial charge in [-0.2, -0.15) is 0 Å². The Bertz CT molecular complexity index is 814. The molecule has 0 saturated carbocycles. The molecule has 0 fully saturated rings. The summed E-state index contributed by atoms with van der Waals surface area (Å²) in [5.41, 5.74) is 2.31. The molecule has 0 spiro atoms. The molecule has 166 valence electrons. The maximum absolute atomic E-state index is 11.9. The number of likely N-dealkylation sites (N-methyl/N-ethyl adjacent to an activating group) is 1. The Morgan fingerprint density at radius 3 is 2.47 bits per heavy atom. The third kappa shape index (κ3) is 8.59. The van der Waals surface area contributed by atoms with Gasteiger partial charge in [-0.25, -0.2) is 9.98 Å². The smallest absolute Gasteiger partial charge is 0.243 e. The molecule has 6 nitrogen and oxygen atoms in total. The lowest BCUT2D eigenvalue weighted by molar-refractivity contribution is -0.127. The Balaban J connectivity index is 0.00000450. The van der Waals surface area contributed by atoms with Gasteiger partial charge in [-0.15, -0.1) is 35.3 Å². The minimum atomic E-state index is -0.0345. The molecule has 0 aliphatic carbocycles. The van der Waals surface area contributed by atoms with Crippen molar-refractivity contribution in [3.8, 4) is 0 Å². The fourth-order valence-electron chi connectivity index (χ4n) is 2.55. The Hall–Kier alpha value is -1.68. The van der Waals surface area contributed by atoms with Crippen molar-refractivity contribution in [3.63, 3.8) is 0 Å². The van der Waals surface area contributed by atoms with Gasteiger partial charge in [0.25, 0.3) is 0 Å². The zero-order valence-electron chi connectivity index (χ0n) is 18.7. The molecule has 0 saturated heterocycles. The summed E-state index contributed by atoms with van der Waals surface area (Å²) in [5, 5.41) is 10.0. The van der Waals surface area contributed by atoms with E-state index in [4.69, 9.17) is 4.98 Å². The van der Waals surface area contributed by atoms with Crippen LogP contribution >= 0.6 is 35.3 Å². The standard InChI is InChI=1S/C22H33N5OS.HI/c1-16(17-10-8-7-9-11-17)25-21(24-14-19(28)27(5)6)23-13-12-18-15-29-20(26-18)22(2,3)4;/h7-11,15-16H,12-14H2,1-6H3,(H2,23,24,25);1H. The van der Waals surface area contributed by atoms with Crippen molar-refractivity contribution in [2.75, 3.05) is 27.2 Å². The molecule has 2 rings (SSSR count). The second-order valence-corrected chi connectivity index (χ2v) is 9.16. The van der Waals surface area contributed by atoms with Crippen LogP contribution in [0.1, 0.15) is 50.0 Å². The van der Waals surface area contributed by atoms with Gasteiger partial charge in [0.1, 0.15) is 6.54 Å². The van der Waals surface area contributed by atoms with Gasteiger partial charge in [0.2, 0.25) is 5.91 Å². The molecule has 1 amide bonds. The van der Waals surface area contributed by atoms with Gasteiger partial charge >= 0.3 is 0 Å². The van der Waals surface area contributed by atoms with Crippen LogP contribution in [0.15, 0.2) is 40.7 Å². The number of nitrogens with one attached hydrogen (secondary N) is 2. The number of carbonyl (C=O) groups is 1. The molecule has 30 heavy (non-hydrogen) atoms. The zero-order valence-corrected chi connectivity index (χ0v) is 21.9. The lowest BCUT2D eigenvalue weighted by Crippen LogP contribution is -2.40. The van der Waals surface area contributed by atoms with Crippen LogP contribution in [0.4, 0.5) is 0 Å². The van der Waals surface area contributed by atoms with Crippen LogP contribution in [0.5, 0.6) is 0 Å². The molecule has 1 aromatic carbocycles. The lowest BCUT2D eigenvalue weighted by Gasteiger charge is -2.19. The van der Waals surface area contributed by atoms with Crippen LogP contribution in [0.25, 0.3) is 0 Å². The molecule has 1 unspecified atom stereocenters. The predicted octanol–water partition coefficient (Wildman–Crippen LogP) is 3.99. The molecule has 0 aliphatic heterocycles. The van der Waals surface area contributed by atoms with E-state index in [0.29, 0.717) is 12.5 Å². The second kappa shape index (κ2) is 12.2. The Labute approximate surface area is 201 Å². The molecule has 0 aliphatic rings. The van der Waals surface area contributed by atoms with Crippen LogP contribution in [0.3, 0.4) is 0 Å². The van der Waals surface area contributed by atoms with Crippen molar-refractivity contribution >= 4 is 47.2 Å². The van der Waals surface area contributed by atoms with Crippen molar-refractivity contribution in [3.05, 3.63) is 52.0 Å². The number of carbonyl (C=O) groups excluding carboxylic acids is 1. The molecule has 1 atom stereocenters. The van der Waals surface area contributed by atoms with E-state index < -0.39 is 0 Å². The van der Waals surface area contributed by atoms with Crippen molar-refractivity contribution in [1.29, 1.82) is 0 Å². The van der Waals surface area contributed by atoms with Gasteiger partial charge in [-0.3, -0.25) is 4.79 Å². The first-order valence-electron chi connectivity index (χ1n) is 9.91. The minimum Gasteiger partial charge on any atom is -0.356 e. The number of halogens is 1. The number of benzene rings is 1. The molecule has 1 aromatic heterocycles. The summed E-state index contributed by atoms with van der Waals surface area (Å²) in [4.78, 5) is 22.7. The summed E-state index contributed by atoms with van der Waals surface area (Å²) in [6, 6.07) is 10.3. The number of aromatic nitrogens is 1. The van der Waals surface area contributed by atoms with Crippen molar-refractivity contribution in [2.45, 2.75) is 45.6 Å². The number of nitrogens with zero attached hydrogens (tertiary/aromatic N) is 3. The normalized spacial score (nSPS) is 12.7. The van der Waals surface area contributed by atoms with Crippen LogP contribution in [0.2, 0.25) is 0 Å². The summed E-state index contributed by atoms with van der Waals surface area (Å²) >= 11 is 1.71. The lowest BCUT2D eigenvalue weighted by atomic mass is 9.98. The Morgan fingerprint density at radius 1 is 1.23 bits per heavy atom. The molecule has 8 heteroatoms. The quantitative estimate of drug-likeness (QED) is 0.315. The van der Waals surface area contributed by atoms with Crippen molar-refractivity contribution in [1.82, 2.24) is 20.5 Å². The van der Waals surface area contributed by atoms with E-state index in [1.165, 1.54) is 0 Å². The van der Waals surface area contributed by atoms with E-state index in [0.717, 1.165) is 22.7 Å². The van der Waals surface area contributed by atoms with Gasteiger partial charge in [0.15, 0.2) is 5.96 Å². The maximum atomic E-state index is 11.9. The first-order chi connectivity index (χ1) is 13.7. The Kier molecular flexibility index (Phi) is 10.8. The second-order valence-electron chi connectivity index (χ2n) is 8.30. The average Bonchev–Trinajstić information content (AvgIpc) is 3.15. The summed E-state index contributed by atoms with van der Waals surface area (Å²) < 4.78 is 0. The van der Waals surface area contributed by atoms with Gasteiger partial charge in [-0.1, -0.05) is 51.1 Å². The van der Waals surface area contributed by atoms with E-state index in [2.05, 4.69) is 60.8 Å². The van der Waals surface area contributed by atoms with Gasteiger partial charge < -0.3 is 15.5 Å². The highest BCUT2D eigenvalue weighted by Gasteiger charge is 2.18. The van der Waals surface area contributed by atoms with Crippen LogP contribution < -0.4 is 10.6 Å². The number of rotatable bonds is 7. The summed E-state index contributed by atoms with van der Waals surface area (Å²) in [6.07, 6.45) is 0.800. The van der Waals surface area contributed by atoms with Gasteiger partial charge in [0, 0.05) is 37.9 Å². The Morgan fingerprint density at radius 2 is 1.90 bits per heavy atom. The number of hydrogen-bond donors (Lipinski definition) is 2. The third-order valence-corrected chi connectivity index (χ3v) is 5.71. The van der Waals surface area contributed by atoms with Gasteiger partial charge in [0.05, 0.1) is 16.7 Å².